The molecule has 5 rings (SSSR count). The first-order valence-corrected chi connectivity index (χ1v) is 11.4. The molecular formula is C24H23NO4S. The number of hydrogen-bond donors (Lipinski definition) is 0. The zero-order valence-corrected chi connectivity index (χ0v) is 17.8. The molecule has 1 fully saturated rings. The first kappa shape index (κ1) is 19.4. The molecule has 6 heteroatoms. The second-order valence-corrected chi connectivity index (χ2v) is 8.82. The molecule has 154 valence electrons. The van der Waals surface area contributed by atoms with Gasteiger partial charge in [-0.25, -0.2) is 0 Å². The lowest BCUT2D eigenvalue weighted by Gasteiger charge is -2.27. The zero-order valence-electron chi connectivity index (χ0n) is 17.0. The standard InChI is InChI=1S/C24H23NO4S/c1-14-5-10-19-18(12-14)22(26)20-21(15-6-8-17(30-2)9-7-15)25(24(27)23(20)29-19)13-16-4-3-11-28-16/h5-10,12,16,21H,3-4,11,13H2,1-2H3/t16-,21-/m0/s1. The first-order valence-electron chi connectivity index (χ1n) is 10.2. The van der Waals surface area contributed by atoms with E-state index in [1.54, 1.807) is 22.7 Å². The van der Waals surface area contributed by atoms with Gasteiger partial charge < -0.3 is 14.1 Å². The van der Waals surface area contributed by atoms with Crippen molar-refractivity contribution in [2.75, 3.05) is 19.4 Å². The van der Waals surface area contributed by atoms with Gasteiger partial charge in [-0.05, 0) is 55.9 Å². The van der Waals surface area contributed by atoms with Gasteiger partial charge in [0.15, 0.2) is 5.43 Å². The molecule has 3 aromatic rings. The lowest BCUT2D eigenvalue weighted by atomic mass is 9.98. The van der Waals surface area contributed by atoms with Gasteiger partial charge in [0.1, 0.15) is 5.58 Å². The summed E-state index contributed by atoms with van der Waals surface area (Å²) < 4.78 is 11.8. The lowest BCUT2D eigenvalue weighted by Crippen LogP contribution is -2.36. The second kappa shape index (κ2) is 7.60. The van der Waals surface area contributed by atoms with E-state index in [0.717, 1.165) is 28.9 Å². The van der Waals surface area contributed by atoms with Crippen LogP contribution < -0.4 is 5.43 Å². The summed E-state index contributed by atoms with van der Waals surface area (Å²) in [5.74, 6) is -0.0766. The van der Waals surface area contributed by atoms with Crippen molar-refractivity contribution in [2.24, 2.45) is 0 Å². The van der Waals surface area contributed by atoms with Gasteiger partial charge in [-0.2, -0.15) is 0 Å². The van der Waals surface area contributed by atoms with Gasteiger partial charge in [0.2, 0.25) is 5.76 Å². The van der Waals surface area contributed by atoms with Crippen molar-refractivity contribution in [2.45, 2.75) is 36.8 Å². The summed E-state index contributed by atoms with van der Waals surface area (Å²) in [5.41, 5.74) is 2.66. The lowest BCUT2D eigenvalue weighted by molar-refractivity contribution is 0.0486. The van der Waals surface area contributed by atoms with Crippen LogP contribution in [0.5, 0.6) is 0 Å². The van der Waals surface area contributed by atoms with Crippen molar-refractivity contribution in [1.29, 1.82) is 0 Å². The topological polar surface area (TPSA) is 59.8 Å². The van der Waals surface area contributed by atoms with Crippen LogP contribution in [0.25, 0.3) is 11.0 Å². The van der Waals surface area contributed by atoms with Crippen LogP contribution in [-0.2, 0) is 4.74 Å². The fraction of sp³-hybridized carbons (Fsp3) is 0.333. The Morgan fingerprint density at radius 2 is 1.93 bits per heavy atom. The minimum Gasteiger partial charge on any atom is -0.450 e. The Balaban J connectivity index is 1.69. The zero-order chi connectivity index (χ0) is 20.8. The molecule has 0 radical (unpaired) electrons. The molecule has 5 nitrogen and oxygen atoms in total. The molecule has 0 saturated carbocycles. The number of aryl methyl sites for hydroxylation is 1. The summed E-state index contributed by atoms with van der Waals surface area (Å²) in [5, 5.41) is 0.520. The van der Waals surface area contributed by atoms with Gasteiger partial charge in [-0.15, -0.1) is 11.8 Å². The number of rotatable bonds is 4. The number of thioether (sulfide) groups is 1. The van der Waals surface area contributed by atoms with E-state index in [0.29, 0.717) is 29.7 Å². The molecule has 30 heavy (non-hydrogen) atoms. The molecular weight excluding hydrogens is 398 g/mol. The highest BCUT2D eigenvalue weighted by Gasteiger charge is 2.43. The number of carbonyl (C=O) groups excluding carboxylic acids is 1. The molecule has 1 amide bonds. The highest BCUT2D eigenvalue weighted by atomic mass is 32.2. The molecule has 0 spiro atoms. The third-order valence-electron chi connectivity index (χ3n) is 5.98. The number of fused-ring (bicyclic) bond motifs is 2. The Kier molecular flexibility index (Phi) is 4.91. The first-order chi connectivity index (χ1) is 14.6. The number of amides is 1. The summed E-state index contributed by atoms with van der Waals surface area (Å²) >= 11 is 1.66. The summed E-state index contributed by atoms with van der Waals surface area (Å²) in [6, 6.07) is 13.1. The summed E-state index contributed by atoms with van der Waals surface area (Å²) in [4.78, 5) is 29.8. The third kappa shape index (κ3) is 3.15. The van der Waals surface area contributed by atoms with Gasteiger partial charge in [-0.1, -0.05) is 23.8 Å². The van der Waals surface area contributed by atoms with Crippen molar-refractivity contribution in [3.63, 3.8) is 0 Å². The normalized spacial score (nSPS) is 20.9. The minimum absolute atomic E-state index is 0.0111. The molecule has 2 aromatic carbocycles. The molecule has 0 aliphatic carbocycles. The quantitative estimate of drug-likeness (QED) is 0.579. The smallest absolute Gasteiger partial charge is 0.291 e. The van der Waals surface area contributed by atoms with Crippen LogP contribution in [-0.4, -0.2) is 36.3 Å². The van der Waals surface area contributed by atoms with E-state index in [1.807, 2.05) is 49.6 Å². The van der Waals surface area contributed by atoms with Crippen LogP contribution in [0.2, 0.25) is 0 Å². The summed E-state index contributed by atoms with van der Waals surface area (Å²) in [6.07, 6.45) is 3.92. The van der Waals surface area contributed by atoms with Gasteiger partial charge in [-0.3, -0.25) is 9.59 Å². The van der Waals surface area contributed by atoms with E-state index in [1.165, 1.54) is 0 Å². The maximum atomic E-state index is 13.5. The number of hydrogen-bond acceptors (Lipinski definition) is 5. The van der Waals surface area contributed by atoms with Crippen molar-refractivity contribution in [1.82, 2.24) is 4.90 Å². The van der Waals surface area contributed by atoms with Crippen LogP contribution >= 0.6 is 11.8 Å². The highest BCUT2D eigenvalue weighted by molar-refractivity contribution is 7.98. The van der Waals surface area contributed by atoms with Gasteiger partial charge in [0.05, 0.1) is 23.1 Å². The van der Waals surface area contributed by atoms with Gasteiger partial charge in [0.25, 0.3) is 5.91 Å². The fourth-order valence-corrected chi connectivity index (χ4v) is 4.87. The maximum absolute atomic E-state index is 13.5. The van der Waals surface area contributed by atoms with E-state index in [2.05, 4.69) is 0 Å². The molecule has 2 atom stereocenters. The Morgan fingerprint density at radius 3 is 2.63 bits per heavy atom. The molecule has 2 aliphatic heterocycles. The predicted octanol–water partition coefficient (Wildman–Crippen LogP) is 4.55. The van der Waals surface area contributed by atoms with E-state index in [9.17, 15) is 9.59 Å². The molecule has 1 aromatic heterocycles. The Bertz CT molecular complexity index is 1180. The summed E-state index contributed by atoms with van der Waals surface area (Å²) in [6.45, 7) is 3.11. The number of benzene rings is 2. The molecule has 1 saturated heterocycles. The molecule has 0 bridgehead atoms. The fourth-order valence-electron chi connectivity index (χ4n) is 4.46. The highest BCUT2D eigenvalue weighted by Crippen LogP contribution is 2.39. The summed E-state index contributed by atoms with van der Waals surface area (Å²) in [7, 11) is 0. The van der Waals surface area contributed by atoms with Crippen molar-refractivity contribution in [3.8, 4) is 0 Å². The number of nitrogens with zero attached hydrogens (tertiary/aromatic N) is 1. The van der Waals surface area contributed by atoms with E-state index < -0.39 is 6.04 Å². The van der Waals surface area contributed by atoms with Crippen LogP contribution in [0.1, 0.15) is 46.1 Å². The van der Waals surface area contributed by atoms with Crippen LogP contribution in [0, 0.1) is 6.92 Å². The average Bonchev–Trinajstić information content (AvgIpc) is 3.37. The minimum atomic E-state index is -0.464. The van der Waals surface area contributed by atoms with Gasteiger partial charge in [0, 0.05) is 18.0 Å². The van der Waals surface area contributed by atoms with Crippen LogP contribution in [0.4, 0.5) is 0 Å². The maximum Gasteiger partial charge on any atom is 0.291 e. The number of ether oxygens (including phenoxy) is 1. The Morgan fingerprint density at radius 1 is 1.13 bits per heavy atom. The van der Waals surface area contributed by atoms with E-state index >= 15 is 0 Å². The second-order valence-electron chi connectivity index (χ2n) is 7.94. The molecule has 2 aliphatic rings. The van der Waals surface area contributed by atoms with Crippen molar-refractivity contribution >= 4 is 28.6 Å². The largest absolute Gasteiger partial charge is 0.450 e. The Labute approximate surface area is 179 Å². The van der Waals surface area contributed by atoms with Crippen LogP contribution in [0.15, 0.2) is 56.6 Å². The van der Waals surface area contributed by atoms with Gasteiger partial charge >= 0.3 is 0 Å². The van der Waals surface area contributed by atoms with Crippen molar-refractivity contribution in [3.05, 3.63) is 75.1 Å². The Hall–Kier alpha value is -2.57. The monoisotopic (exact) mass is 421 g/mol. The number of carbonyl (C=O) groups is 1. The predicted molar refractivity (Wildman–Crippen MR) is 117 cm³/mol. The average molecular weight is 422 g/mol. The molecule has 0 unspecified atom stereocenters. The van der Waals surface area contributed by atoms with E-state index in [4.69, 9.17) is 9.15 Å². The molecule has 3 heterocycles. The SMILES string of the molecule is CSc1ccc([C@H]2c3c(oc4ccc(C)cc4c3=O)C(=O)N2C[C@@H]2CCCO2)cc1. The van der Waals surface area contributed by atoms with Crippen LogP contribution in [0.3, 0.4) is 0 Å². The van der Waals surface area contributed by atoms with E-state index in [-0.39, 0.29) is 23.2 Å². The molecule has 0 N–H and O–H groups in total. The third-order valence-corrected chi connectivity index (χ3v) is 6.72. The van der Waals surface area contributed by atoms with Crippen molar-refractivity contribution < 1.29 is 13.9 Å².